The predicted octanol–water partition coefficient (Wildman–Crippen LogP) is 2.56. The van der Waals surface area contributed by atoms with Crippen molar-refractivity contribution in [2.75, 3.05) is 12.4 Å². The predicted molar refractivity (Wildman–Crippen MR) is 76.0 cm³/mol. The molecule has 0 unspecified atom stereocenters. The molecule has 104 valence electrons. The van der Waals surface area contributed by atoms with Crippen LogP contribution in [0.25, 0.3) is 0 Å². The molecule has 0 fully saturated rings. The molecule has 1 aromatic carbocycles. The van der Waals surface area contributed by atoms with Gasteiger partial charge >= 0.3 is 5.97 Å². The molecule has 2 aromatic rings. The number of hydrogen-bond donors (Lipinski definition) is 1. The highest BCUT2D eigenvalue weighted by Gasteiger charge is 2.12. The van der Waals surface area contributed by atoms with Crippen molar-refractivity contribution in [1.29, 1.82) is 0 Å². The molecule has 0 bridgehead atoms. The maximum atomic E-state index is 11.9. The number of carbonyl (C=O) groups is 2. The molecule has 0 aliphatic heterocycles. The Morgan fingerprint density at radius 2 is 2.05 bits per heavy atom. The normalized spacial score (nSPS) is 10.2. The third-order valence-corrected chi connectivity index (χ3v) is 3.37. The molecule has 0 spiro atoms. The molecule has 2 rings (SSSR count). The lowest BCUT2D eigenvalue weighted by atomic mass is 10.2. The molecule has 1 heterocycles. The standard InChI is InChI=1S/C14H14N2O3S/c1-2-19-13(18)11-8-15-14(16-11)20-9-12(17)10-6-4-3-5-7-10/h3-8H,2,9H2,1H3,(H,15,16). The summed E-state index contributed by atoms with van der Waals surface area (Å²) in [5, 5.41) is 0.525. The van der Waals surface area contributed by atoms with Gasteiger partial charge in [0.05, 0.1) is 18.6 Å². The summed E-state index contributed by atoms with van der Waals surface area (Å²) in [4.78, 5) is 30.2. The molecule has 20 heavy (non-hydrogen) atoms. The van der Waals surface area contributed by atoms with Crippen LogP contribution in [0, 0.1) is 0 Å². The Morgan fingerprint density at radius 1 is 1.30 bits per heavy atom. The highest BCUT2D eigenvalue weighted by molar-refractivity contribution is 7.99. The maximum absolute atomic E-state index is 11.9. The first kappa shape index (κ1) is 14.3. The van der Waals surface area contributed by atoms with E-state index in [9.17, 15) is 9.59 Å². The molecule has 0 radical (unpaired) electrons. The Balaban J connectivity index is 1.92. The maximum Gasteiger partial charge on any atom is 0.356 e. The number of rotatable bonds is 6. The number of carbonyl (C=O) groups excluding carboxylic acids is 2. The lowest BCUT2D eigenvalue weighted by Crippen LogP contribution is -2.05. The van der Waals surface area contributed by atoms with E-state index >= 15 is 0 Å². The fourth-order valence-corrected chi connectivity index (χ4v) is 2.27. The van der Waals surface area contributed by atoms with Crippen molar-refractivity contribution < 1.29 is 14.3 Å². The minimum Gasteiger partial charge on any atom is -0.461 e. The second-order valence-electron chi connectivity index (χ2n) is 3.90. The van der Waals surface area contributed by atoms with Gasteiger partial charge in [-0.25, -0.2) is 9.78 Å². The molecule has 0 amide bonds. The molecular weight excluding hydrogens is 276 g/mol. The molecular formula is C14H14N2O3S. The zero-order valence-corrected chi connectivity index (χ0v) is 11.8. The Hall–Kier alpha value is -2.08. The number of Topliss-reactive ketones (excluding diaryl/α,β-unsaturated/α-hetero) is 1. The third kappa shape index (κ3) is 3.71. The van der Waals surface area contributed by atoms with E-state index in [2.05, 4.69) is 9.97 Å². The number of aromatic amines is 1. The second-order valence-corrected chi connectivity index (χ2v) is 4.86. The molecule has 0 aliphatic carbocycles. The van der Waals surface area contributed by atoms with Crippen LogP contribution in [0.15, 0.2) is 41.7 Å². The van der Waals surface area contributed by atoms with E-state index in [-0.39, 0.29) is 11.5 Å². The highest BCUT2D eigenvalue weighted by atomic mass is 32.2. The summed E-state index contributed by atoms with van der Waals surface area (Å²) in [5.74, 6) is -0.161. The summed E-state index contributed by atoms with van der Waals surface area (Å²) < 4.78 is 4.85. The Kier molecular flexibility index (Phi) is 4.95. The van der Waals surface area contributed by atoms with Gasteiger partial charge in [-0.1, -0.05) is 42.1 Å². The van der Waals surface area contributed by atoms with Gasteiger partial charge in [0, 0.05) is 5.56 Å². The number of ether oxygens (including phenoxy) is 1. The van der Waals surface area contributed by atoms with Gasteiger partial charge in [0.2, 0.25) is 0 Å². The van der Waals surface area contributed by atoms with E-state index in [0.29, 0.717) is 23.0 Å². The van der Waals surface area contributed by atoms with Crippen LogP contribution in [0.2, 0.25) is 0 Å². The summed E-state index contributed by atoms with van der Waals surface area (Å²) in [6.07, 6.45) is 1.41. The number of nitrogens with one attached hydrogen (secondary N) is 1. The van der Waals surface area contributed by atoms with Crippen LogP contribution in [0.1, 0.15) is 27.8 Å². The molecule has 0 aliphatic rings. The van der Waals surface area contributed by atoms with Gasteiger partial charge in [0.25, 0.3) is 0 Å². The Bertz CT molecular complexity index is 595. The van der Waals surface area contributed by atoms with E-state index in [1.165, 1.54) is 18.0 Å². The number of nitrogens with zero attached hydrogens (tertiary/aromatic N) is 1. The van der Waals surface area contributed by atoms with Gasteiger partial charge in [-0.15, -0.1) is 0 Å². The third-order valence-electron chi connectivity index (χ3n) is 2.48. The van der Waals surface area contributed by atoms with Crippen molar-refractivity contribution in [3.8, 4) is 0 Å². The second kappa shape index (κ2) is 6.91. The highest BCUT2D eigenvalue weighted by Crippen LogP contribution is 2.16. The number of imidazole rings is 1. The minimum absolute atomic E-state index is 0.0182. The summed E-state index contributed by atoms with van der Waals surface area (Å²) in [5.41, 5.74) is 0.957. The molecule has 5 nitrogen and oxygen atoms in total. The molecule has 1 aromatic heterocycles. The van der Waals surface area contributed by atoms with Crippen LogP contribution in [0.4, 0.5) is 0 Å². The Morgan fingerprint density at radius 3 is 2.75 bits per heavy atom. The first-order valence-electron chi connectivity index (χ1n) is 6.14. The first-order valence-corrected chi connectivity index (χ1v) is 7.12. The Labute approximate surface area is 120 Å². The number of aromatic nitrogens is 2. The van der Waals surface area contributed by atoms with Gasteiger partial charge in [0.1, 0.15) is 5.69 Å². The van der Waals surface area contributed by atoms with Gasteiger partial charge in [-0.2, -0.15) is 0 Å². The van der Waals surface area contributed by atoms with Crippen LogP contribution < -0.4 is 0 Å². The smallest absolute Gasteiger partial charge is 0.356 e. The number of ketones is 1. The van der Waals surface area contributed by atoms with Crippen LogP contribution >= 0.6 is 11.8 Å². The van der Waals surface area contributed by atoms with Crippen LogP contribution in [0.3, 0.4) is 0 Å². The van der Waals surface area contributed by atoms with E-state index in [0.717, 1.165) is 0 Å². The average Bonchev–Trinajstić information content (AvgIpc) is 2.95. The van der Waals surface area contributed by atoms with Gasteiger partial charge in [0.15, 0.2) is 10.9 Å². The van der Waals surface area contributed by atoms with Crippen molar-refractivity contribution >= 4 is 23.5 Å². The molecule has 0 saturated carbocycles. The fourth-order valence-electron chi connectivity index (χ4n) is 1.53. The zero-order valence-electron chi connectivity index (χ0n) is 11.0. The van der Waals surface area contributed by atoms with E-state index in [4.69, 9.17) is 4.74 Å². The minimum atomic E-state index is -0.443. The van der Waals surface area contributed by atoms with Crippen molar-refractivity contribution in [3.05, 3.63) is 47.8 Å². The molecule has 0 atom stereocenters. The SMILES string of the molecule is CCOC(=O)c1cnc(SCC(=O)c2ccccc2)[nH]1. The number of benzene rings is 1. The van der Waals surface area contributed by atoms with Crippen LogP contribution in [-0.2, 0) is 4.74 Å². The summed E-state index contributed by atoms with van der Waals surface area (Å²) in [6, 6.07) is 9.06. The number of esters is 1. The molecule has 0 saturated heterocycles. The first-order chi connectivity index (χ1) is 9.70. The average molecular weight is 290 g/mol. The van der Waals surface area contributed by atoms with Crippen molar-refractivity contribution in [2.45, 2.75) is 12.1 Å². The zero-order chi connectivity index (χ0) is 14.4. The van der Waals surface area contributed by atoms with E-state index in [1.807, 2.05) is 18.2 Å². The van der Waals surface area contributed by atoms with Gasteiger partial charge in [-0.05, 0) is 6.92 Å². The number of hydrogen-bond acceptors (Lipinski definition) is 5. The quantitative estimate of drug-likeness (QED) is 0.503. The summed E-state index contributed by atoms with van der Waals surface area (Å²) in [6.45, 7) is 2.05. The topological polar surface area (TPSA) is 72.0 Å². The van der Waals surface area contributed by atoms with Gasteiger partial charge < -0.3 is 9.72 Å². The molecule has 1 N–H and O–H groups in total. The van der Waals surface area contributed by atoms with Crippen molar-refractivity contribution in [3.63, 3.8) is 0 Å². The monoisotopic (exact) mass is 290 g/mol. The van der Waals surface area contributed by atoms with Crippen molar-refractivity contribution in [2.24, 2.45) is 0 Å². The lowest BCUT2D eigenvalue weighted by Gasteiger charge is -1.99. The number of thioether (sulfide) groups is 1. The largest absolute Gasteiger partial charge is 0.461 e. The fraction of sp³-hybridized carbons (Fsp3) is 0.214. The number of H-pyrrole nitrogens is 1. The lowest BCUT2D eigenvalue weighted by molar-refractivity contribution is 0.0519. The summed E-state index contributed by atoms with van der Waals surface area (Å²) in [7, 11) is 0. The van der Waals surface area contributed by atoms with Crippen LogP contribution in [-0.4, -0.2) is 34.1 Å². The van der Waals surface area contributed by atoms with E-state index in [1.54, 1.807) is 19.1 Å². The van der Waals surface area contributed by atoms with Crippen molar-refractivity contribution in [1.82, 2.24) is 9.97 Å². The van der Waals surface area contributed by atoms with Crippen LogP contribution in [0.5, 0.6) is 0 Å². The summed E-state index contributed by atoms with van der Waals surface area (Å²) >= 11 is 1.26. The molecule has 6 heteroatoms. The van der Waals surface area contributed by atoms with Gasteiger partial charge in [-0.3, -0.25) is 4.79 Å². The van der Waals surface area contributed by atoms with E-state index < -0.39 is 5.97 Å².